The maximum Gasteiger partial charge on any atom is 0.331 e. The number of carbonyl (C=O) groups is 1. The Morgan fingerprint density at radius 2 is 1.90 bits per heavy atom. The van der Waals surface area contributed by atoms with Crippen LogP contribution in [0.1, 0.15) is 24.8 Å². The molecule has 2 heterocycles. The van der Waals surface area contributed by atoms with Gasteiger partial charge in [-0.1, -0.05) is 12.1 Å². The number of esters is 1. The quantitative estimate of drug-likeness (QED) is 0.201. The summed E-state index contributed by atoms with van der Waals surface area (Å²) in [5, 5.41) is 18.5. The highest BCUT2D eigenvalue weighted by Crippen LogP contribution is 2.24. The molecule has 0 unspecified atom stereocenters. The number of hydrogen-bond acceptors (Lipinski definition) is 9. The molecule has 0 N–H and O–H groups in total. The minimum absolute atomic E-state index is 0.0495. The van der Waals surface area contributed by atoms with Gasteiger partial charge in [-0.3, -0.25) is 10.1 Å². The van der Waals surface area contributed by atoms with Crippen LogP contribution in [0.25, 0.3) is 28.6 Å². The molecule has 4 rings (SSSR count). The van der Waals surface area contributed by atoms with Crippen LogP contribution in [-0.2, 0) is 9.53 Å². The van der Waals surface area contributed by atoms with Crippen molar-refractivity contribution in [1.82, 2.24) is 15.2 Å². The van der Waals surface area contributed by atoms with E-state index in [1.54, 1.807) is 19.1 Å². The average Bonchev–Trinajstić information content (AvgIpc) is 3.39. The van der Waals surface area contributed by atoms with Gasteiger partial charge in [0.25, 0.3) is 11.6 Å². The molecular weight excluding hydrogens is 392 g/mol. The van der Waals surface area contributed by atoms with Gasteiger partial charge in [-0.15, -0.1) is 10.2 Å². The zero-order valence-corrected chi connectivity index (χ0v) is 15.6. The van der Waals surface area contributed by atoms with Gasteiger partial charge in [0.1, 0.15) is 5.52 Å². The number of hydrogen-bond donors (Lipinski definition) is 0. The molecule has 2 aromatic heterocycles. The van der Waals surface area contributed by atoms with Crippen molar-refractivity contribution in [1.29, 1.82) is 0 Å². The Morgan fingerprint density at radius 1 is 1.13 bits per heavy atom. The fourth-order valence-electron chi connectivity index (χ4n) is 2.61. The molecule has 0 bridgehead atoms. The summed E-state index contributed by atoms with van der Waals surface area (Å²) >= 11 is 0. The molecule has 2 aromatic carbocycles. The van der Waals surface area contributed by atoms with Crippen molar-refractivity contribution in [3.05, 3.63) is 76.5 Å². The minimum Gasteiger partial charge on any atom is -0.449 e. The number of fused-ring (bicyclic) bond motifs is 1. The van der Waals surface area contributed by atoms with Gasteiger partial charge in [-0.05, 0) is 31.2 Å². The number of rotatable bonds is 6. The van der Waals surface area contributed by atoms with Crippen LogP contribution in [0, 0.1) is 10.1 Å². The number of nitrogens with zero attached hydrogens (tertiary/aromatic N) is 4. The van der Waals surface area contributed by atoms with E-state index in [0.29, 0.717) is 16.7 Å². The number of para-hydroxylation sites is 2. The van der Waals surface area contributed by atoms with Gasteiger partial charge < -0.3 is 13.6 Å². The van der Waals surface area contributed by atoms with E-state index in [0.717, 1.165) is 0 Å². The lowest BCUT2D eigenvalue weighted by Crippen LogP contribution is -2.06. The molecule has 0 radical (unpaired) electrons. The van der Waals surface area contributed by atoms with E-state index in [4.69, 9.17) is 13.6 Å². The van der Waals surface area contributed by atoms with Gasteiger partial charge in [0.05, 0.1) is 4.92 Å². The molecule has 0 amide bonds. The summed E-state index contributed by atoms with van der Waals surface area (Å²) in [6.45, 7) is 1.58. The van der Waals surface area contributed by atoms with E-state index in [-0.39, 0.29) is 23.4 Å². The first-order chi connectivity index (χ1) is 14.5. The lowest BCUT2D eigenvalue weighted by molar-refractivity contribution is -0.384. The normalized spacial score (nSPS) is 12.3. The monoisotopic (exact) mass is 406 g/mol. The molecule has 10 nitrogen and oxygen atoms in total. The number of carbonyl (C=O) groups excluding carboxylic acids is 1. The van der Waals surface area contributed by atoms with Crippen LogP contribution in [0.2, 0.25) is 0 Å². The summed E-state index contributed by atoms with van der Waals surface area (Å²) in [6.07, 6.45) is 1.80. The minimum atomic E-state index is -0.801. The Morgan fingerprint density at radius 3 is 2.63 bits per heavy atom. The van der Waals surface area contributed by atoms with Gasteiger partial charge in [0.2, 0.25) is 11.8 Å². The van der Waals surface area contributed by atoms with Crippen molar-refractivity contribution in [3.8, 4) is 11.5 Å². The molecular formula is C20H14N4O6. The smallest absolute Gasteiger partial charge is 0.331 e. The average molecular weight is 406 g/mol. The predicted octanol–water partition coefficient (Wildman–Crippen LogP) is 4.10. The summed E-state index contributed by atoms with van der Waals surface area (Å²) in [5.41, 5.74) is 1.76. The van der Waals surface area contributed by atoms with Crippen molar-refractivity contribution < 1.29 is 23.3 Å². The number of non-ortho nitro benzene ring substituents is 1. The van der Waals surface area contributed by atoms with Gasteiger partial charge in [0.15, 0.2) is 11.7 Å². The summed E-state index contributed by atoms with van der Waals surface area (Å²) < 4.78 is 16.3. The SMILES string of the molecule is C[C@H](OC(=O)/C=C/c1nc2ccccc2o1)c1nnc(-c2ccc([N+](=O)[O-])cc2)o1. The van der Waals surface area contributed by atoms with Crippen molar-refractivity contribution >= 4 is 28.8 Å². The third kappa shape index (κ3) is 4.07. The first-order valence-electron chi connectivity index (χ1n) is 8.82. The topological polar surface area (TPSA) is 134 Å². The Labute approximate surface area is 169 Å². The molecule has 150 valence electrons. The second-order valence-corrected chi connectivity index (χ2v) is 6.18. The number of oxazole rings is 1. The van der Waals surface area contributed by atoms with Gasteiger partial charge in [-0.2, -0.15) is 0 Å². The summed E-state index contributed by atoms with van der Waals surface area (Å²) in [4.78, 5) is 26.5. The fraction of sp³-hybridized carbons (Fsp3) is 0.100. The van der Waals surface area contributed by atoms with Crippen molar-refractivity contribution in [2.75, 3.05) is 0 Å². The number of nitro benzene ring substituents is 1. The van der Waals surface area contributed by atoms with E-state index in [9.17, 15) is 14.9 Å². The van der Waals surface area contributed by atoms with Crippen molar-refractivity contribution in [2.45, 2.75) is 13.0 Å². The van der Waals surface area contributed by atoms with E-state index >= 15 is 0 Å². The van der Waals surface area contributed by atoms with E-state index < -0.39 is 17.0 Å². The van der Waals surface area contributed by atoms with Gasteiger partial charge >= 0.3 is 5.97 Å². The number of nitro groups is 1. The van der Waals surface area contributed by atoms with Crippen LogP contribution >= 0.6 is 0 Å². The Hall–Kier alpha value is -4.34. The standard InChI is InChI=1S/C20H14N4O6/c1-12(19-22-23-20(30-19)13-6-8-14(9-7-13)24(26)27)28-18(25)11-10-17-21-15-4-2-3-5-16(15)29-17/h2-12H,1H3/b11-10+/t12-/m0/s1. The molecule has 0 saturated carbocycles. The fourth-order valence-corrected chi connectivity index (χ4v) is 2.61. The molecule has 1 atom stereocenters. The van der Waals surface area contributed by atoms with Crippen LogP contribution in [0.4, 0.5) is 5.69 Å². The second-order valence-electron chi connectivity index (χ2n) is 6.18. The van der Waals surface area contributed by atoms with Gasteiger partial charge in [0, 0.05) is 29.8 Å². The first kappa shape index (κ1) is 19.0. The lowest BCUT2D eigenvalue weighted by Gasteiger charge is -2.06. The van der Waals surface area contributed by atoms with Gasteiger partial charge in [-0.25, -0.2) is 9.78 Å². The maximum atomic E-state index is 12.1. The highest BCUT2D eigenvalue weighted by Gasteiger charge is 2.18. The number of aromatic nitrogens is 3. The highest BCUT2D eigenvalue weighted by molar-refractivity contribution is 5.87. The van der Waals surface area contributed by atoms with Crippen LogP contribution in [0.5, 0.6) is 0 Å². The third-order valence-electron chi connectivity index (χ3n) is 4.08. The zero-order valence-electron chi connectivity index (χ0n) is 15.6. The highest BCUT2D eigenvalue weighted by atomic mass is 16.6. The molecule has 0 aliphatic heterocycles. The van der Waals surface area contributed by atoms with Crippen LogP contribution in [0.3, 0.4) is 0 Å². The lowest BCUT2D eigenvalue weighted by atomic mass is 10.2. The second kappa shape index (κ2) is 7.95. The Balaban J connectivity index is 1.40. The molecule has 30 heavy (non-hydrogen) atoms. The van der Waals surface area contributed by atoms with Crippen molar-refractivity contribution in [2.24, 2.45) is 0 Å². The van der Waals surface area contributed by atoms with Crippen LogP contribution < -0.4 is 0 Å². The van der Waals surface area contributed by atoms with E-state index in [1.807, 2.05) is 12.1 Å². The maximum absolute atomic E-state index is 12.1. The summed E-state index contributed by atoms with van der Waals surface area (Å²) in [6, 6.07) is 12.9. The Bertz CT molecular complexity index is 1210. The molecule has 4 aromatic rings. The molecule has 0 aliphatic carbocycles. The Kier molecular flexibility index (Phi) is 5.04. The third-order valence-corrected chi connectivity index (χ3v) is 4.08. The first-order valence-corrected chi connectivity index (χ1v) is 8.82. The largest absolute Gasteiger partial charge is 0.449 e. The molecule has 10 heteroatoms. The van der Waals surface area contributed by atoms with Crippen LogP contribution in [0.15, 0.2) is 63.4 Å². The van der Waals surface area contributed by atoms with E-state index in [2.05, 4.69) is 15.2 Å². The number of ether oxygens (including phenoxy) is 1. The molecule has 0 aliphatic rings. The molecule has 0 spiro atoms. The molecule has 0 fully saturated rings. The summed E-state index contributed by atoms with van der Waals surface area (Å²) in [5.74, 6) is -0.115. The molecule has 0 saturated heterocycles. The predicted molar refractivity (Wildman–Crippen MR) is 104 cm³/mol. The van der Waals surface area contributed by atoms with E-state index in [1.165, 1.54) is 36.4 Å². The number of benzene rings is 2. The zero-order chi connectivity index (χ0) is 21.1. The summed E-state index contributed by atoms with van der Waals surface area (Å²) in [7, 11) is 0. The van der Waals surface area contributed by atoms with Crippen LogP contribution in [-0.4, -0.2) is 26.1 Å². The van der Waals surface area contributed by atoms with Crippen molar-refractivity contribution in [3.63, 3.8) is 0 Å².